The summed E-state index contributed by atoms with van der Waals surface area (Å²) in [5.41, 5.74) is 0.806. The number of halogens is 2. The van der Waals surface area contributed by atoms with Gasteiger partial charge in [-0.05, 0) is 30.7 Å². The van der Waals surface area contributed by atoms with Gasteiger partial charge in [0.25, 0.3) is 0 Å². The largest absolute Gasteiger partial charge is 0.347 e. The standard InChI is InChI=1S/C14H13Cl2N3O/c1-9(14-17-6-7-18-14)19-13(20)5-3-10-2-4-11(15)12(16)8-10/h2-9H,1H3,(H,17,18)(H,19,20)/b5-3+. The first kappa shape index (κ1) is 14.6. The van der Waals surface area contributed by atoms with Crippen molar-refractivity contribution in [3.8, 4) is 0 Å². The minimum absolute atomic E-state index is 0.184. The highest BCUT2D eigenvalue weighted by Gasteiger charge is 2.08. The lowest BCUT2D eigenvalue weighted by molar-refractivity contribution is -0.117. The predicted octanol–water partition coefficient (Wildman–Crippen LogP) is 3.61. The molecule has 0 saturated heterocycles. The SMILES string of the molecule is CC(NC(=O)/C=C/c1ccc(Cl)c(Cl)c1)c1ncc[nH]1. The predicted molar refractivity (Wildman–Crippen MR) is 80.6 cm³/mol. The Labute approximate surface area is 126 Å². The average Bonchev–Trinajstić information content (AvgIpc) is 2.94. The average molecular weight is 310 g/mol. The quantitative estimate of drug-likeness (QED) is 0.848. The third-order valence-electron chi connectivity index (χ3n) is 2.66. The Hall–Kier alpha value is -1.78. The van der Waals surface area contributed by atoms with Crippen LogP contribution in [0.5, 0.6) is 0 Å². The van der Waals surface area contributed by atoms with E-state index >= 15 is 0 Å². The molecule has 20 heavy (non-hydrogen) atoms. The van der Waals surface area contributed by atoms with Crippen molar-refractivity contribution in [2.24, 2.45) is 0 Å². The summed E-state index contributed by atoms with van der Waals surface area (Å²) in [6.45, 7) is 1.85. The molecule has 1 aromatic heterocycles. The molecule has 0 bridgehead atoms. The zero-order valence-corrected chi connectivity index (χ0v) is 12.2. The van der Waals surface area contributed by atoms with Crippen LogP contribution in [0.4, 0.5) is 0 Å². The lowest BCUT2D eigenvalue weighted by Crippen LogP contribution is -2.25. The Morgan fingerprint density at radius 3 is 2.85 bits per heavy atom. The molecule has 0 radical (unpaired) electrons. The second kappa shape index (κ2) is 6.59. The maximum atomic E-state index is 11.8. The first-order valence-electron chi connectivity index (χ1n) is 5.99. The van der Waals surface area contributed by atoms with Gasteiger partial charge >= 0.3 is 0 Å². The number of benzene rings is 1. The third-order valence-corrected chi connectivity index (χ3v) is 3.40. The molecule has 4 nitrogen and oxygen atoms in total. The van der Waals surface area contributed by atoms with E-state index in [0.29, 0.717) is 15.9 Å². The summed E-state index contributed by atoms with van der Waals surface area (Å²) >= 11 is 11.7. The molecule has 104 valence electrons. The molecule has 1 unspecified atom stereocenters. The molecule has 0 spiro atoms. The second-order valence-corrected chi connectivity index (χ2v) is 5.03. The van der Waals surface area contributed by atoms with Gasteiger partial charge in [0.15, 0.2) is 0 Å². The number of carbonyl (C=O) groups excluding carboxylic acids is 1. The van der Waals surface area contributed by atoms with Crippen LogP contribution in [0.25, 0.3) is 6.08 Å². The third kappa shape index (κ3) is 3.85. The van der Waals surface area contributed by atoms with Gasteiger partial charge in [0, 0.05) is 18.5 Å². The van der Waals surface area contributed by atoms with Gasteiger partial charge in [-0.15, -0.1) is 0 Å². The molecular weight excluding hydrogens is 297 g/mol. The summed E-state index contributed by atoms with van der Waals surface area (Å²) in [6.07, 6.45) is 6.47. The Bertz CT molecular complexity index is 623. The summed E-state index contributed by atoms with van der Waals surface area (Å²) in [6, 6.07) is 4.99. The van der Waals surface area contributed by atoms with Crippen LogP contribution in [0, 0.1) is 0 Å². The highest BCUT2D eigenvalue weighted by molar-refractivity contribution is 6.42. The number of H-pyrrole nitrogens is 1. The maximum Gasteiger partial charge on any atom is 0.244 e. The summed E-state index contributed by atoms with van der Waals surface area (Å²) < 4.78 is 0. The summed E-state index contributed by atoms with van der Waals surface area (Å²) in [4.78, 5) is 18.8. The van der Waals surface area contributed by atoms with Crippen LogP contribution in [-0.2, 0) is 4.79 Å². The van der Waals surface area contributed by atoms with Crippen molar-refractivity contribution in [3.63, 3.8) is 0 Å². The van der Waals surface area contributed by atoms with Gasteiger partial charge in [0.2, 0.25) is 5.91 Å². The number of rotatable bonds is 4. The smallest absolute Gasteiger partial charge is 0.244 e. The Balaban J connectivity index is 1.97. The van der Waals surface area contributed by atoms with Crippen LogP contribution < -0.4 is 5.32 Å². The minimum atomic E-state index is -0.208. The van der Waals surface area contributed by atoms with Gasteiger partial charge in [0.1, 0.15) is 5.82 Å². The molecule has 2 N–H and O–H groups in total. The van der Waals surface area contributed by atoms with Crippen molar-refractivity contribution in [1.82, 2.24) is 15.3 Å². The molecule has 2 aromatic rings. The van der Waals surface area contributed by atoms with Crippen molar-refractivity contribution in [2.75, 3.05) is 0 Å². The molecule has 1 heterocycles. The van der Waals surface area contributed by atoms with Crippen molar-refractivity contribution < 1.29 is 4.79 Å². The molecule has 6 heteroatoms. The topological polar surface area (TPSA) is 57.8 Å². The number of carbonyl (C=O) groups is 1. The number of amides is 1. The van der Waals surface area contributed by atoms with Crippen molar-refractivity contribution in [2.45, 2.75) is 13.0 Å². The van der Waals surface area contributed by atoms with E-state index in [4.69, 9.17) is 23.2 Å². The van der Waals surface area contributed by atoms with Gasteiger partial charge in [-0.2, -0.15) is 0 Å². The Morgan fingerprint density at radius 1 is 1.40 bits per heavy atom. The summed E-state index contributed by atoms with van der Waals surface area (Å²) in [7, 11) is 0. The number of nitrogens with zero attached hydrogens (tertiary/aromatic N) is 1. The number of hydrogen-bond acceptors (Lipinski definition) is 2. The Morgan fingerprint density at radius 2 is 2.20 bits per heavy atom. The first-order chi connectivity index (χ1) is 9.56. The fourth-order valence-corrected chi connectivity index (χ4v) is 1.94. The monoisotopic (exact) mass is 309 g/mol. The number of nitrogens with one attached hydrogen (secondary N) is 2. The van der Waals surface area contributed by atoms with Crippen LogP contribution >= 0.6 is 23.2 Å². The number of hydrogen-bond donors (Lipinski definition) is 2. The molecule has 0 fully saturated rings. The van der Waals surface area contributed by atoms with E-state index < -0.39 is 0 Å². The molecular formula is C14H13Cl2N3O. The van der Waals surface area contributed by atoms with Crippen LogP contribution in [0.2, 0.25) is 10.0 Å². The van der Waals surface area contributed by atoms with Crippen molar-refractivity contribution in [1.29, 1.82) is 0 Å². The lowest BCUT2D eigenvalue weighted by atomic mass is 10.2. The van der Waals surface area contributed by atoms with Gasteiger partial charge in [-0.3, -0.25) is 4.79 Å². The molecule has 1 amide bonds. The fraction of sp³-hybridized carbons (Fsp3) is 0.143. The molecule has 2 rings (SSSR count). The number of imidazole rings is 1. The van der Waals surface area contributed by atoms with Crippen LogP contribution in [0.15, 0.2) is 36.7 Å². The van der Waals surface area contributed by atoms with Crippen LogP contribution in [-0.4, -0.2) is 15.9 Å². The molecule has 1 aromatic carbocycles. The first-order valence-corrected chi connectivity index (χ1v) is 6.75. The molecule has 0 saturated carbocycles. The van der Waals surface area contributed by atoms with E-state index in [1.807, 2.05) is 6.92 Å². The fourth-order valence-electron chi connectivity index (χ4n) is 1.63. The highest BCUT2D eigenvalue weighted by Crippen LogP contribution is 2.23. The molecule has 1 atom stereocenters. The molecule has 0 aliphatic heterocycles. The summed E-state index contributed by atoms with van der Waals surface area (Å²) in [5, 5.41) is 3.74. The van der Waals surface area contributed by atoms with Crippen LogP contribution in [0.3, 0.4) is 0 Å². The zero-order chi connectivity index (χ0) is 14.5. The van der Waals surface area contributed by atoms with Crippen molar-refractivity contribution >= 4 is 35.2 Å². The number of aromatic nitrogens is 2. The van der Waals surface area contributed by atoms with E-state index in [-0.39, 0.29) is 11.9 Å². The van der Waals surface area contributed by atoms with E-state index in [9.17, 15) is 4.79 Å². The normalized spacial score (nSPS) is 12.6. The van der Waals surface area contributed by atoms with E-state index in [1.165, 1.54) is 6.08 Å². The van der Waals surface area contributed by atoms with Crippen LogP contribution in [0.1, 0.15) is 24.4 Å². The highest BCUT2D eigenvalue weighted by atomic mass is 35.5. The van der Waals surface area contributed by atoms with Crippen molar-refractivity contribution in [3.05, 3.63) is 58.1 Å². The van der Waals surface area contributed by atoms with Gasteiger partial charge in [-0.25, -0.2) is 4.98 Å². The van der Waals surface area contributed by atoms with E-state index in [2.05, 4.69) is 15.3 Å². The zero-order valence-electron chi connectivity index (χ0n) is 10.7. The van der Waals surface area contributed by atoms with E-state index in [1.54, 1.807) is 36.7 Å². The Kier molecular flexibility index (Phi) is 4.82. The van der Waals surface area contributed by atoms with E-state index in [0.717, 1.165) is 5.56 Å². The number of aromatic amines is 1. The van der Waals surface area contributed by atoms with Gasteiger partial charge < -0.3 is 10.3 Å². The van der Waals surface area contributed by atoms with Gasteiger partial charge in [-0.1, -0.05) is 29.3 Å². The minimum Gasteiger partial charge on any atom is -0.347 e. The second-order valence-electron chi connectivity index (χ2n) is 4.21. The summed E-state index contributed by atoms with van der Waals surface area (Å²) in [5.74, 6) is 0.501. The molecule has 0 aliphatic carbocycles. The maximum absolute atomic E-state index is 11.8. The van der Waals surface area contributed by atoms with Gasteiger partial charge in [0.05, 0.1) is 16.1 Å². The molecule has 0 aliphatic rings. The lowest BCUT2D eigenvalue weighted by Gasteiger charge is -2.09.